The second-order valence-corrected chi connectivity index (χ2v) is 7.78. The molecule has 0 saturated carbocycles. The Bertz CT molecular complexity index is 730. The van der Waals surface area contributed by atoms with Crippen molar-refractivity contribution in [3.05, 3.63) is 36.0 Å². The van der Waals surface area contributed by atoms with E-state index in [9.17, 15) is 0 Å². The van der Waals surface area contributed by atoms with Crippen LogP contribution in [0, 0.1) is 12.3 Å². The average Bonchev–Trinajstić information content (AvgIpc) is 2.92. The molecule has 7 heteroatoms. The zero-order chi connectivity index (χ0) is 18.0. The fraction of sp³-hybridized carbons (Fsp3) is 0.632. The van der Waals surface area contributed by atoms with Crippen molar-refractivity contribution in [1.29, 1.82) is 0 Å². The summed E-state index contributed by atoms with van der Waals surface area (Å²) in [5.41, 5.74) is 1.10. The molecule has 7 nitrogen and oxygen atoms in total. The van der Waals surface area contributed by atoms with Crippen LogP contribution < -0.4 is 4.90 Å². The van der Waals surface area contributed by atoms with E-state index in [1.54, 1.807) is 0 Å². The van der Waals surface area contributed by atoms with Gasteiger partial charge in [-0.3, -0.25) is 4.90 Å². The van der Waals surface area contributed by atoms with Crippen molar-refractivity contribution >= 4 is 5.82 Å². The Hall–Kier alpha value is -1.99. The fourth-order valence-corrected chi connectivity index (χ4v) is 4.19. The van der Waals surface area contributed by atoms with Gasteiger partial charge < -0.3 is 14.2 Å². The van der Waals surface area contributed by atoms with E-state index in [4.69, 9.17) is 4.74 Å². The average molecular weight is 356 g/mol. The van der Waals surface area contributed by atoms with Gasteiger partial charge in [0.05, 0.1) is 25.5 Å². The first-order valence-corrected chi connectivity index (χ1v) is 9.45. The van der Waals surface area contributed by atoms with Crippen LogP contribution in [-0.4, -0.2) is 64.0 Å². The molecule has 4 heterocycles. The molecule has 2 aliphatic rings. The van der Waals surface area contributed by atoms with Crippen LogP contribution in [0.1, 0.15) is 24.4 Å². The molecule has 1 atom stereocenters. The van der Waals surface area contributed by atoms with Gasteiger partial charge in [-0.25, -0.2) is 4.98 Å². The SMILES string of the molecule is Cc1ccc(N2CCOC[C@@]3(CCCN(Cc4nccn4C)C3)C2)nn1. The summed E-state index contributed by atoms with van der Waals surface area (Å²) < 4.78 is 8.14. The lowest BCUT2D eigenvalue weighted by Crippen LogP contribution is -2.50. The van der Waals surface area contributed by atoms with Crippen LogP contribution in [-0.2, 0) is 18.3 Å². The van der Waals surface area contributed by atoms with E-state index in [1.807, 2.05) is 25.4 Å². The molecule has 140 valence electrons. The first-order chi connectivity index (χ1) is 12.6. The summed E-state index contributed by atoms with van der Waals surface area (Å²) in [6.45, 7) is 8.45. The van der Waals surface area contributed by atoms with E-state index < -0.39 is 0 Å². The second-order valence-electron chi connectivity index (χ2n) is 7.78. The van der Waals surface area contributed by atoms with Crippen molar-refractivity contribution in [2.24, 2.45) is 12.5 Å². The van der Waals surface area contributed by atoms with Gasteiger partial charge >= 0.3 is 0 Å². The minimum absolute atomic E-state index is 0.145. The zero-order valence-electron chi connectivity index (χ0n) is 15.8. The summed E-state index contributed by atoms with van der Waals surface area (Å²) in [6.07, 6.45) is 6.28. The molecule has 4 rings (SSSR count). The molecule has 0 radical (unpaired) electrons. The van der Waals surface area contributed by atoms with Gasteiger partial charge in [0, 0.05) is 44.5 Å². The number of aromatic nitrogens is 4. The van der Waals surface area contributed by atoms with E-state index >= 15 is 0 Å². The van der Waals surface area contributed by atoms with E-state index in [0.29, 0.717) is 0 Å². The highest BCUT2D eigenvalue weighted by molar-refractivity contribution is 5.38. The zero-order valence-corrected chi connectivity index (χ0v) is 15.8. The standard InChI is InChI=1S/C19H28N6O/c1-16-4-5-17(22-21-16)25-10-11-26-15-19(14-25)6-3-8-24(13-19)12-18-20-7-9-23(18)2/h4-5,7,9H,3,6,8,10-15H2,1-2H3/t19-/m1/s1. The van der Waals surface area contributed by atoms with Crippen molar-refractivity contribution in [3.63, 3.8) is 0 Å². The predicted octanol–water partition coefficient (Wildman–Crippen LogP) is 1.64. The quantitative estimate of drug-likeness (QED) is 0.833. The number of piperidine rings is 1. The highest BCUT2D eigenvalue weighted by Gasteiger charge is 2.39. The Morgan fingerprint density at radius 1 is 1.19 bits per heavy atom. The summed E-state index contributed by atoms with van der Waals surface area (Å²) in [7, 11) is 2.06. The monoisotopic (exact) mass is 356 g/mol. The smallest absolute Gasteiger partial charge is 0.151 e. The maximum absolute atomic E-state index is 6.03. The van der Waals surface area contributed by atoms with Crippen molar-refractivity contribution in [2.75, 3.05) is 44.3 Å². The van der Waals surface area contributed by atoms with E-state index in [2.05, 4.69) is 42.7 Å². The van der Waals surface area contributed by atoms with Crippen LogP contribution in [0.25, 0.3) is 0 Å². The summed E-state index contributed by atoms with van der Waals surface area (Å²) in [6, 6.07) is 4.12. The number of nitrogens with zero attached hydrogens (tertiary/aromatic N) is 6. The third-order valence-corrected chi connectivity index (χ3v) is 5.57. The van der Waals surface area contributed by atoms with Crippen molar-refractivity contribution in [2.45, 2.75) is 26.3 Å². The van der Waals surface area contributed by atoms with Crippen LogP contribution in [0.2, 0.25) is 0 Å². The Morgan fingerprint density at radius 2 is 2.12 bits per heavy atom. The highest BCUT2D eigenvalue weighted by Crippen LogP contribution is 2.34. The number of likely N-dealkylation sites (tertiary alicyclic amines) is 1. The fourth-order valence-electron chi connectivity index (χ4n) is 4.19. The van der Waals surface area contributed by atoms with Gasteiger partial charge in [0.25, 0.3) is 0 Å². The van der Waals surface area contributed by atoms with Gasteiger partial charge in [-0.05, 0) is 38.4 Å². The first-order valence-electron chi connectivity index (χ1n) is 9.45. The molecule has 2 aliphatic heterocycles. The Kier molecular flexibility index (Phi) is 4.91. The molecule has 1 spiro atoms. The predicted molar refractivity (Wildman–Crippen MR) is 100.0 cm³/mol. The summed E-state index contributed by atoms with van der Waals surface area (Å²) in [4.78, 5) is 9.37. The molecule has 0 aromatic carbocycles. The van der Waals surface area contributed by atoms with Crippen LogP contribution >= 0.6 is 0 Å². The number of aryl methyl sites for hydroxylation is 2. The molecule has 2 fully saturated rings. The highest BCUT2D eigenvalue weighted by atomic mass is 16.5. The van der Waals surface area contributed by atoms with E-state index in [1.165, 1.54) is 12.8 Å². The third kappa shape index (κ3) is 3.73. The van der Waals surface area contributed by atoms with Crippen molar-refractivity contribution in [1.82, 2.24) is 24.6 Å². The van der Waals surface area contributed by atoms with Gasteiger partial charge in [0.2, 0.25) is 0 Å². The lowest BCUT2D eigenvalue weighted by Gasteiger charge is -2.43. The largest absolute Gasteiger partial charge is 0.379 e. The molecular formula is C19H28N6O. The number of rotatable bonds is 3. The minimum Gasteiger partial charge on any atom is -0.379 e. The van der Waals surface area contributed by atoms with Gasteiger partial charge in [0.15, 0.2) is 5.82 Å². The molecule has 0 N–H and O–H groups in total. The molecule has 0 bridgehead atoms. The molecule has 0 unspecified atom stereocenters. The first kappa shape index (κ1) is 17.4. The normalized spacial score (nSPS) is 24.8. The lowest BCUT2D eigenvalue weighted by molar-refractivity contribution is 0.00966. The van der Waals surface area contributed by atoms with Gasteiger partial charge in [-0.2, -0.15) is 5.10 Å². The lowest BCUT2D eigenvalue weighted by atomic mass is 9.80. The van der Waals surface area contributed by atoms with Crippen LogP contribution in [0.5, 0.6) is 0 Å². The number of anilines is 1. The second kappa shape index (κ2) is 7.32. The van der Waals surface area contributed by atoms with E-state index in [-0.39, 0.29) is 5.41 Å². The Labute approximate surface area is 155 Å². The number of ether oxygens (including phenoxy) is 1. The number of imidazole rings is 1. The molecule has 2 aromatic rings. The molecule has 2 saturated heterocycles. The third-order valence-electron chi connectivity index (χ3n) is 5.57. The van der Waals surface area contributed by atoms with Crippen molar-refractivity contribution < 1.29 is 4.74 Å². The molecule has 26 heavy (non-hydrogen) atoms. The maximum atomic E-state index is 6.03. The maximum Gasteiger partial charge on any atom is 0.151 e. The van der Waals surface area contributed by atoms with Gasteiger partial charge in [-0.1, -0.05) is 0 Å². The molecule has 2 aromatic heterocycles. The number of hydrogen-bond acceptors (Lipinski definition) is 6. The van der Waals surface area contributed by atoms with E-state index in [0.717, 1.165) is 63.3 Å². The Morgan fingerprint density at radius 3 is 2.88 bits per heavy atom. The summed E-state index contributed by atoms with van der Waals surface area (Å²) in [5, 5.41) is 8.65. The van der Waals surface area contributed by atoms with Gasteiger partial charge in [-0.15, -0.1) is 5.10 Å². The molecule has 0 amide bonds. The number of hydrogen-bond donors (Lipinski definition) is 0. The van der Waals surface area contributed by atoms with Crippen LogP contribution in [0.3, 0.4) is 0 Å². The molecule has 0 aliphatic carbocycles. The summed E-state index contributed by atoms with van der Waals surface area (Å²) in [5.74, 6) is 2.08. The Balaban J connectivity index is 1.49. The minimum atomic E-state index is 0.145. The summed E-state index contributed by atoms with van der Waals surface area (Å²) >= 11 is 0. The van der Waals surface area contributed by atoms with Crippen LogP contribution in [0.15, 0.2) is 24.5 Å². The van der Waals surface area contributed by atoms with Crippen molar-refractivity contribution in [3.8, 4) is 0 Å². The topological polar surface area (TPSA) is 59.3 Å². The van der Waals surface area contributed by atoms with Crippen LogP contribution in [0.4, 0.5) is 5.82 Å². The molecular weight excluding hydrogens is 328 g/mol. The van der Waals surface area contributed by atoms with Gasteiger partial charge in [0.1, 0.15) is 5.82 Å².